The Balaban J connectivity index is 1.30. The Morgan fingerprint density at radius 3 is 2.29 bits per heavy atom. The summed E-state index contributed by atoms with van der Waals surface area (Å²) in [5, 5.41) is 10.4. The molecule has 3 aromatic rings. The van der Waals surface area contributed by atoms with Gasteiger partial charge in [0, 0.05) is 37.7 Å². The van der Waals surface area contributed by atoms with Crippen LogP contribution in [-0.2, 0) is 12.6 Å². The second-order valence-corrected chi connectivity index (χ2v) is 10.8. The van der Waals surface area contributed by atoms with Gasteiger partial charge in [-0.25, -0.2) is 9.86 Å². The molecule has 1 aliphatic heterocycles. The van der Waals surface area contributed by atoms with Crippen molar-refractivity contribution in [1.29, 1.82) is 0 Å². The molecule has 7 nitrogen and oxygen atoms in total. The molecule has 226 valence electrons. The fraction of sp³-hybridized carbons (Fsp3) is 0.387. The Labute approximate surface area is 249 Å². The van der Waals surface area contributed by atoms with E-state index in [1.807, 2.05) is 30.3 Å². The second kappa shape index (κ2) is 14.7. The van der Waals surface area contributed by atoms with E-state index in [2.05, 4.69) is 34.1 Å². The van der Waals surface area contributed by atoms with E-state index in [9.17, 15) is 23.2 Å². The van der Waals surface area contributed by atoms with Gasteiger partial charge in [-0.1, -0.05) is 60.1 Å². The molecule has 1 saturated heterocycles. The molecule has 11 heteroatoms. The van der Waals surface area contributed by atoms with Gasteiger partial charge in [-0.2, -0.15) is 13.2 Å². The summed E-state index contributed by atoms with van der Waals surface area (Å²) >= 11 is 6.13. The van der Waals surface area contributed by atoms with E-state index in [1.54, 1.807) is 6.07 Å². The summed E-state index contributed by atoms with van der Waals surface area (Å²) in [6.07, 6.45) is -3.31. The van der Waals surface area contributed by atoms with Crippen molar-refractivity contribution in [3.63, 3.8) is 0 Å². The molecule has 0 aromatic heterocycles. The first-order chi connectivity index (χ1) is 20.1. The first-order valence-electron chi connectivity index (χ1n) is 14.0. The number of urea groups is 1. The third-order valence-corrected chi connectivity index (χ3v) is 7.68. The molecule has 0 bridgehead atoms. The number of carbonyl (C=O) groups excluding carboxylic acids is 1. The number of alkyl halides is 3. The molecule has 3 aromatic carbocycles. The number of hydrogen-bond acceptors (Lipinski definition) is 5. The molecule has 42 heavy (non-hydrogen) atoms. The number of amides is 2. The van der Waals surface area contributed by atoms with E-state index < -0.39 is 17.8 Å². The fourth-order valence-corrected chi connectivity index (χ4v) is 5.33. The lowest BCUT2D eigenvalue weighted by Crippen LogP contribution is -2.48. The number of ether oxygens (including phenoxy) is 1. The first kappa shape index (κ1) is 31.6. The highest BCUT2D eigenvalue weighted by molar-refractivity contribution is 6.30. The molecule has 2 amide bonds. The Bertz CT molecular complexity index is 1290. The van der Waals surface area contributed by atoms with Crippen molar-refractivity contribution in [2.45, 2.75) is 31.5 Å². The molecule has 4 rings (SSSR count). The van der Waals surface area contributed by atoms with Crippen LogP contribution in [0.15, 0.2) is 72.8 Å². The zero-order chi connectivity index (χ0) is 30.1. The molecule has 1 unspecified atom stereocenters. The predicted molar refractivity (Wildman–Crippen MR) is 156 cm³/mol. The molecule has 0 saturated carbocycles. The van der Waals surface area contributed by atoms with Crippen LogP contribution in [0.3, 0.4) is 0 Å². The van der Waals surface area contributed by atoms with Crippen LogP contribution >= 0.6 is 11.6 Å². The van der Waals surface area contributed by atoms with Gasteiger partial charge in [-0.05, 0) is 60.2 Å². The maximum atomic E-state index is 13.8. The van der Waals surface area contributed by atoms with Gasteiger partial charge in [0.05, 0.1) is 18.2 Å². The summed E-state index contributed by atoms with van der Waals surface area (Å²) in [6, 6.07) is 21.4. The van der Waals surface area contributed by atoms with Crippen molar-refractivity contribution in [3.8, 4) is 5.75 Å². The summed E-state index contributed by atoms with van der Waals surface area (Å²) < 4.78 is 47.1. The van der Waals surface area contributed by atoms with Crippen LogP contribution in [0.1, 0.15) is 41.1 Å². The van der Waals surface area contributed by atoms with Crippen LogP contribution in [0.25, 0.3) is 0 Å². The van der Waals surface area contributed by atoms with Crippen molar-refractivity contribution in [2.24, 2.45) is 5.73 Å². The van der Waals surface area contributed by atoms with E-state index >= 15 is 0 Å². The lowest BCUT2D eigenvalue weighted by atomic mass is 9.96. The number of aryl methyl sites for hydroxylation is 1. The number of carbonyl (C=O) groups is 1. The molecule has 1 aliphatic rings. The number of rotatable bonds is 12. The van der Waals surface area contributed by atoms with E-state index in [-0.39, 0.29) is 24.9 Å². The highest BCUT2D eigenvalue weighted by Crippen LogP contribution is 2.37. The van der Waals surface area contributed by atoms with Crippen LogP contribution in [-0.4, -0.2) is 72.0 Å². The zero-order valence-corrected chi connectivity index (χ0v) is 24.0. The number of piperazine rings is 1. The first-order valence-corrected chi connectivity index (χ1v) is 14.3. The minimum absolute atomic E-state index is 0.0188. The lowest BCUT2D eigenvalue weighted by Gasteiger charge is -2.39. The van der Waals surface area contributed by atoms with Gasteiger partial charge in [0.2, 0.25) is 0 Å². The van der Waals surface area contributed by atoms with Crippen LogP contribution in [0.5, 0.6) is 5.75 Å². The number of nitrogens with zero attached hydrogens (tertiary/aromatic N) is 3. The predicted octanol–water partition coefficient (Wildman–Crippen LogP) is 6.24. The second-order valence-electron chi connectivity index (χ2n) is 10.3. The van der Waals surface area contributed by atoms with Gasteiger partial charge < -0.3 is 10.5 Å². The van der Waals surface area contributed by atoms with Gasteiger partial charge in [0.25, 0.3) is 0 Å². The van der Waals surface area contributed by atoms with E-state index in [1.165, 1.54) is 11.6 Å². The molecule has 0 radical (unpaired) electrons. The molecule has 1 atom stereocenters. The maximum absolute atomic E-state index is 13.8. The third-order valence-electron chi connectivity index (χ3n) is 7.43. The fourth-order valence-electron chi connectivity index (χ4n) is 5.21. The monoisotopic (exact) mass is 604 g/mol. The van der Waals surface area contributed by atoms with Crippen molar-refractivity contribution in [3.05, 3.63) is 100 Å². The van der Waals surface area contributed by atoms with E-state index in [0.29, 0.717) is 41.5 Å². The van der Waals surface area contributed by atoms with E-state index in [4.69, 9.17) is 22.1 Å². The quantitative estimate of drug-likeness (QED) is 0.145. The standard InChI is InChI=1S/C31H36ClF3N4O3/c32-26-12-10-25(11-13-26)29(24-7-2-1-3-8-24)38-18-16-37(17-19-38)20-21-42-28-14-9-23(22-27(28)31(33,34)35)6-4-5-15-39(41)30(36)40/h1-3,7-14,22,29,41H,4-6,15-21H2,(H2,36,40). The average molecular weight is 605 g/mol. The van der Waals surface area contributed by atoms with Crippen LogP contribution in [0.4, 0.5) is 18.0 Å². The van der Waals surface area contributed by atoms with Gasteiger partial charge in [0.1, 0.15) is 12.4 Å². The molecule has 0 aliphatic carbocycles. The van der Waals surface area contributed by atoms with Crippen LogP contribution < -0.4 is 10.5 Å². The Hall–Kier alpha value is -3.31. The summed E-state index contributed by atoms with van der Waals surface area (Å²) in [4.78, 5) is 15.5. The topological polar surface area (TPSA) is 82.3 Å². The number of halogens is 4. The Morgan fingerprint density at radius 1 is 0.976 bits per heavy atom. The molecule has 0 spiro atoms. The van der Waals surface area contributed by atoms with E-state index in [0.717, 1.165) is 37.8 Å². The Kier molecular flexibility index (Phi) is 11.1. The van der Waals surface area contributed by atoms with Gasteiger partial charge in [-0.15, -0.1) is 0 Å². The Morgan fingerprint density at radius 2 is 1.64 bits per heavy atom. The molecule has 3 N–H and O–H groups in total. The normalized spacial score (nSPS) is 15.4. The molecular weight excluding hydrogens is 569 g/mol. The third kappa shape index (κ3) is 8.84. The highest BCUT2D eigenvalue weighted by atomic mass is 35.5. The maximum Gasteiger partial charge on any atom is 0.419 e. The molecular formula is C31H36ClF3N4O3. The number of hydroxylamine groups is 2. The van der Waals surface area contributed by atoms with Gasteiger partial charge >= 0.3 is 12.2 Å². The summed E-state index contributed by atoms with van der Waals surface area (Å²) in [5.74, 6) is -0.188. The average Bonchev–Trinajstić information content (AvgIpc) is 2.97. The smallest absolute Gasteiger partial charge is 0.419 e. The number of unbranched alkanes of at least 4 members (excludes halogenated alkanes) is 1. The van der Waals surface area contributed by atoms with Gasteiger partial charge in [0.15, 0.2) is 0 Å². The number of hydrogen-bond donors (Lipinski definition) is 2. The highest BCUT2D eigenvalue weighted by Gasteiger charge is 2.35. The number of nitrogens with two attached hydrogens (primary N) is 1. The van der Waals surface area contributed by atoms with Crippen molar-refractivity contribution >= 4 is 17.6 Å². The molecule has 1 heterocycles. The van der Waals surface area contributed by atoms with Crippen molar-refractivity contribution in [2.75, 3.05) is 45.9 Å². The minimum Gasteiger partial charge on any atom is -0.492 e. The minimum atomic E-state index is -4.56. The largest absolute Gasteiger partial charge is 0.492 e. The SMILES string of the molecule is NC(=O)N(O)CCCCc1ccc(OCCN2CCN(C(c3ccccc3)c3ccc(Cl)cc3)CC2)c(C(F)(F)F)c1. The number of benzene rings is 3. The number of primary amides is 1. The molecule has 1 fully saturated rings. The van der Waals surface area contributed by atoms with Crippen molar-refractivity contribution < 1.29 is 27.9 Å². The lowest BCUT2D eigenvalue weighted by molar-refractivity contribution is -0.139. The van der Waals surface area contributed by atoms with Crippen LogP contribution in [0.2, 0.25) is 5.02 Å². The van der Waals surface area contributed by atoms with Gasteiger partial charge in [-0.3, -0.25) is 15.0 Å². The summed E-state index contributed by atoms with van der Waals surface area (Å²) in [5.41, 5.74) is 7.01. The zero-order valence-electron chi connectivity index (χ0n) is 23.3. The summed E-state index contributed by atoms with van der Waals surface area (Å²) in [7, 11) is 0. The van der Waals surface area contributed by atoms with Crippen molar-refractivity contribution in [1.82, 2.24) is 14.9 Å². The summed E-state index contributed by atoms with van der Waals surface area (Å²) in [6.45, 7) is 3.82. The van der Waals surface area contributed by atoms with Crippen LogP contribution in [0, 0.1) is 0 Å².